The summed E-state index contributed by atoms with van der Waals surface area (Å²) in [5.74, 6) is -1.40. The number of aromatic nitrogens is 2. The minimum atomic E-state index is -0.976. The first kappa shape index (κ1) is 13.7. The van der Waals surface area contributed by atoms with E-state index in [1.54, 1.807) is 6.92 Å². The van der Waals surface area contributed by atoms with Crippen LogP contribution in [0.1, 0.15) is 18.5 Å². The molecule has 2 aromatic rings. The van der Waals surface area contributed by atoms with Gasteiger partial charge in [-0.2, -0.15) is 5.10 Å². The zero-order chi connectivity index (χ0) is 14.9. The Hall–Kier alpha value is -2.77. The van der Waals surface area contributed by atoms with Crippen LogP contribution in [0.3, 0.4) is 0 Å². The van der Waals surface area contributed by atoms with Crippen LogP contribution in [-0.4, -0.2) is 19.8 Å². The molecule has 1 heterocycles. The molecule has 0 aliphatic heterocycles. The summed E-state index contributed by atoms with van der Waals surface area (Å²) in [5.41, 5.74) is -1.15. The second-order valence-electron chi connectivity index (χ2n) is 4.11. The van der Waals surface area contributed by atoms with Crippen molar-refractivity contribution in [2.45, 2.75) is 13.0 Å². The summed E-state index contributed by atoms with van der Waals surface area (Å²) >= 11 is 0. The van der Waals surface area contributed by atoms with E-state index in [0.717, 1.165) is 10.9 Å². The van der Waals surface area contributed by atoms with Crippen LogP contribution in [-0.2, 0) is 0 Å². The van der Waals surface area contributed by atoms with Crippen molar-refractivity contribution < 1.29 is 14.4 Å². The Morgan fingerprint density at radius 1 is 1.40 bits per heavy atom. The fraction of sp³-hybridized carbons (Fsp3) is 0.167. The Labute approximate surface area is 112 Å². The molecule has 0 saturated carbocycles. The number of aromatic hydroxyl groups is 1. The highest BCUT2D eigenvalue weighted by Gasteiger charge is 2.22. The highest BCUT2D eigenvalue weighted by atomic mass is 19.1. The number of hydrogen-bond donors (Lipinski definition) is 1. The van der Waals surface area contributed by atoms with Gasteiger partial charge in [0.1, 0.15) is 12.0 Å². The van der Waals surface area contributed by atoms with Gasteiger partial charge in [0.2, 0.25) is 0 Å². The van der Waals surface area contributed by atoms with Crippen molar-refractivity contribution >= 4 is 5.69 Å². The molecular weight excluding hydrogens is 269 g/mol. The second kappa shape index (κ2) is 5.08. The number of benzene rings is 1. The Morgan fingerprint density at radius 3 is 2.55 bits per heavy atom. The first-order valence-corrected chi connectivity index (χ1v) is 5.62. The quantitative estimate of drug-likeness (QED) is 0.679. The summed E-state index contributed by atoms with van der Waals surface area (Å²) in [5, 5.41) is 23.8. The molecule has 0 bridgehead atoms. The van der Waals surface area contributed by atoms with Crippen molar-refractivity contribution in [2.24, 2.45) is 0 Å². The Bertz CT molecular complexity index is 712. The molecule has 0 aliphatic carbocycles. The van der Waals surface area contributed by atoms with Gasteiger partial charge in [-0.25, -0.2) is 9.07 Å². The van der Waals surface area contributed by atoms with Crippen molar-refractivity contribution in [1.29, 1.82) is 0 Å². The largest absolute Gasteiger partial charge is 0.498 e. The number of hydrogen-bond acceptors (Lipinski definition) is 5. The van der Waals surface area contributed by atoms with Gasteiger partial charge in [-0.3, -0.25) is 14.9 Å². The third kappa shape index (κ3) is 2.35. The van der Waals surface area contributed by atoms with Gasteiger partial charge in [0.25, 0.3) is 5.75 Å². The Kier molecular flexibility index (Phi) is 3.47. The smallest absolute Gasteiger partial charge is 0.336 e. The van der Waals surface area contributed by atoms with Crippen molar-refractivity contribution in [3.05, 3.63) is 62.3 Å². The third-order valence-electron chi connectivity index (χ3n) is 2.87. The monoisotopic (exact) mass is 279 g/mol. The minimum Gasteiger partial charge on any atom is -0.498 e. The molecule has 20 heavy (non-hydrogen) atoms. The lowest BCUT2D eigenvalue weighted by Crippen LogP contribution is -2.26. The van der Waals surface area contributed by atoms with Crippen LogP contribution in [0.2, 0.25) is 0 Å². The molecule has 1 unspecified atom stereocenters. The molecule has 0 radical (unpaired) electrons. The number of halogens is 1. The van der Waals surface area contributed by atoms with E-state index in [1.165, 1.54) is 24.3 Å². The molecule has 104 valence electrons. The summed E-state index contributed by atoms with van der Waals surface area (Å²) < 4.78 is 13.7. The highest BCUT2D eigenvalue weighted by molar-refractivity contribution is 5.40. The maximum Gasteiger partial charge on any atom is 0.336 e. The summed E-state index contributed by atoms with van der Waals surface area (Å²) in [6, 6.07) is 4.78. The zero-order valence-corrected chi connectivity index (χ0v) is 10.4. The molecule has 0 aliphatic rings. The van der Waals surface area contributed by atoms with E-state index in [2.05, 4.69) is 5.10 Å². The van der Waals surface area contributed by atoms with E-state index >= 15 is 0 Å². The average molecular weight is 279 g/mol. The molecule has 1 aromatic heterocycles. The maximum absolute atomic E-state index is 12.8. The van der Waals surface area contributed by atoms with Gasteiger partial charge in [-0.15, -0.1) is 0 Å². The van der Waals surface area contributed by atoms with Crippen LogP contribution in [0.15, 0.2) is 35.3 Å². The van der Waals surface area contributed by atoms with Crippen molar-refractivity contribution in [3.63, 3.8) is 0 Å². The van der Waals surface area contributed by atoms with Gasteiger partial charge >= 0.3 is 11.2 Å². The van der Waals surface area contributed by atoms with Crippen LogP contribution in [0.5, 0.6) is 5.75 Å². The Balaban J connectivity index is 2.48. The molecule has 0 saturated heterocycles. The van der Waals surface area contributed by atoms with E-state index in [9.17, 15) is 24.4 Å². The fourth-order valence-electron chi connectivity index (χ4n) is 1.74. The number of nitrogens with zero attached hydrogens (tertiary/aromatic N) is 3. The van der Waals surface area contributed by atoms with Gasteiger partial charge in [0, 0.05) is 0 Å². The summed E-state index contributed by atoms with van der Waals surface area (Å²) in [7, 11) is 0. The first-order chi connectivity index (χ1) is 9.41. The SMILES string of the molecule is CC(c1ccc(F)cc1)n1ncc([N+](=O)[O-])c(O)c1=O. The highest BCUT2D eigenvalue weighted by Crippen LogP contribution is 2.21. The van der Waals surface area contributed by atoms with Crippen LogP contribution < -0.4 is 5.56 Å². The molecule has 0 fully saturated rings. The Morgan fingerprint density at radius 2 is 2.00 bits per heavy atom. The molecule has 1 atom stereocenters. The normalized spacial score (nSPS) is 12.1. The molecule has 1 aromatic carbocycles. The molecule has 0 spiro atoms. The third-order valence-corrected chi connectivity index (χ3v) is 2.87. The van der Waals surface area contributed by atoms with Gasteiger partial charge in [0.05, 0.1) is 11.0 Å². The predicted molar refractivity (Wildman–Crippen MR) is 67.0 cm³/mol. The summed E-state index contributed by atoms with van der Waals surface area (Å²) in [6.45, 7) is 1.60. The molecule has 8 heteroatoms. The van der Waals surface area contributed by atoms with Crippen molar-refractivity contribution in [3.8, 4) is 5.75 Å². The standard InChI is InChI=1S/C12H10FN3O4/c1-7(8-2-4-9(13)5-3-8)15-12(18)11(17)10(6-14-15)16(19)20/h2-7,17H,1H3. The molecule has 2 rings (SSSR count). The molecule has 7 nitrogen and oxygen atoms in total. The van der Waals surface area contributed by atoms with Gasteiger partial charge in [-0.05, 0) is 24.6 Å². The predicted octanol–water partition coefficient (Wildman–Crippen LogP) is 1.61. The van der Waals surface area contributed by atoms with Crippen LogP contribution in [0.4, 0.5) is 10.1 Å². The topological polar surface area (TPSA) is 98.3 Å². The minimum absolute atomic E-state index is 0.423. The van der Waals surface area contributed by atoms with Crippen LogP contribution in [0, 0.1) is 15.9 Å². The first-order valence-electron chi connectivity index (χ1n) is 5.62. The molecular formula is C12H10FN3O4. The number of nitro groups is 1. The lowest BCUT2D eigenvalue weighted by Gasteiger charge is -2.13. The van der Waals surface area contributed by atoms with Crippen LogP contribution in [0.25, 0.3) is 0 Å². The van der Waals surface area contributed by atoms with Crippen molar-refractivity contribution in [2.75, 3.05) is 0 Å². The van der Waals surface area contributed by atoms with E-state index in [4.69, 9.17) is 0 Å². The lowest BCUT2D eigenvalue weighted by atomic mass is 10.1. The fourth-order valence-corrected chi connectivity index (χ4v) is 1.74. The maximum atomic E-state index is 12.8. The lowest BCUT2D eigenvalue weighted by molar-refractivity contribution is -0.386. The molecule has 0 amide bonds. The van der Waals surface area contributed by atoms with E-state index < -0.39 is 33.8 Å². The van der Waals surface area contributed by atoms with Gasteiger partial charge < -0.3 is 5.11 Å². The zero-order valence-electron chi connectivity index (χ0n) is 10.4. The van der Waals surface area contributed by atoms with Gasteiger partial charge in [0.15, 0.2) is 0 Å². The van der Waals surface area contributed by atoms with E-state index in [1.807, 2.05) is 0 Å². The second-order valence-corrected chi connectivity index (χ2v) is 4.11. The van der Waals surface area contributed by atoms with Crippen molar-refractivity contribution in [1.82, 2.24) is 9.78 Å². The average Bonchev–Trinajstić information content (AvgIpc) is 2.41. The van der Waals surface area contributed by atoms with E-state index in [0.29, 0.717) is 5.56 Å². The van der Waals surface area contributed by atoms with E-state index in [-0.39, 0.29) is 0 Å². The number of rotatable bonds is 3. The molecule has 1 N–H and O–H groups in total. The summed E-state index contributed by atoms with van der Waals surface area (Å²) in [6.07, 6.45) is 0.802. The summed E-state index contributed by atoms with van der Waals surface area (Å²) in [4.78, 5) is 21.5. The van der Waals surface area contributed by atoms with Crippen LogP contribution >= 0.6 is 0 Å². The van der Waals surface area contributed by atoms with Gasteiger partial charge in [-0.1, -0.05) is 12.1 Å².